The van der Waals surface area contributed by atoms with Gasteiger partial charge in [-0.05, 0) is 6.42 Å². The molecular weight excluding hydrogens is 184 g/mol. The van der Waals surface area contributed by atoms with E-state index >= 15 is 0 Å². The SMILES string of the molecule is CCCC[C@@H](Cl)C#C[Si](C)(C)C. The third kappa shape index (κ3) is 8.17. The molecule has 0 fully saturated rings. The molecule has 0 saturated carbocycles. The Morgan fingerprint density at radius 2 is 1.92 bits per heavy atom. The van der Waals surface area contributed by atoms with Gasteiger partial charge in [0.15, 0.2) is 0 Å². The molecule has 0 aliphatic rings. The van der Waals surface area contributed by atoms with Crippen molar-refractivity contribution < 1.29 is 0 Å². The van der Waals surface area contributed by atoms with Gasteiger partial charge < -0.3 is 0 Å². The molecule has 0 amide bonds. The van der Waals surface area contributed by atoms with E-state index in [-0.39, 0.29) is 5.38 Å². The van der Waals surface area contributed by atoms with E-state index in [0.29, 0.717) is 0 Å². The molecule has 70 valence electrons. The van der Waals surface area contributed by atoms with E-state index < -0.39 is 8.07 Å². The van der Waals surface area contributed by atoms with Crippen molar-refractivity contribution in [2.24, 2.45) is 0 Å². The molecule has 0 aliphatic heterocycles. The fraction of sp³-hybridized carbons (Fsp3) is 0.800. The Balaban J connectivity index is 3.79. The first-order valence-corrected chi connectivity index (χ1v) is 8.56. The second kappa shape index (κ2) is 5.67. The minimum Gasteiger partial charge on any atom is -0.130 e. The lowest BCUT2D eigenvalue weighted by Crippen LogP contribution is -2.17. The summed E-state index contributed by atoms with van der Waals surface area (Å²) in [6.07, 6.45) is 3.43. The van der Waals surface area contributed by atoms with E-state index in [1.165, 1.54) is 12.8 Å². The molecule has 2 heteroatoms. The van der Waals surface area contributed by atoms with Crippen LogP contribution in [0.5, 0.6) is 0 Å². The van der Waals surface area contributed by atoms with E-state index in [4.69, 9.17) is 11.6 Å². The van der Waals surface area contributed by atoms with Crippen molar-refractivity contribution >= 4 is 19.7 Å². The Hall–Kier alpha value is 0.0669. The first-order chi connectivity index (χ1) is 5.45. The highest BCUT2D eigenvalue weighted by Gasteiger charge is 2.08. The van der Waals surface area contributed by atoms with Crippen LogP contribution in [0.2, 0.25) is 19.6 Å². The zero-order valence-corrected chi connectivity index (χ0v) is 10.3. The number of unbranched alkanes of at least 4 members (excludes halogenated alkanes) is 1. The quantitative estimate of drug-likeness (QED) is 0.372. The highest BCUT2D eigenvalue weighted by molar-refractivity contribution is 6.83. The summed E-state index contributed by atoms with van der Waals surface area (Å²) < 4.78 is 0. The van der Waals surface area contributed by atoms with E-state index in [9.17, 15) is 0 Å². The Bertz CT molecular complexity index is 171. The fourth-order valence-corrected chi connectivity index (χ4v) is 1.66. The summed E-state index contributed by atoms with van der Waals surface area (Å²) in [7, 11) is -1.20. The summed E-state index contributed by atoms with van der Waals surface area (Å²) in [4.78, 5) is 0. The molecule has 0 nitrogen and oxygen atoms in total. The summed E-state index contributed by atoms with van der Waals surface area (Å²) in [6.45, 7) is 8.89. The van der Waals surface area contributed by atoms with Crippen LogP contribution in [0.1, 0.15) is 26.2 Å². The molecule has 0 unspecified atom stereocenters. The second-order valence-electron chi connectivity index (χ2n) is 4.13. The second-order valence-corrected chi connectivity index (χ2v) is 9.41. The van der Waals surface area contributed by atoms with Gasteiger partial charge in [0.1, 0.15) is 8.07 Å². The topological polar surface area (TPSA) is 0 Å². The van der Waals surface area contributed by atoms with Crippen molar-refractivity contribution in [3.05, 3.63) is 0 Å². The van der Waals surface area contributed by atoms with E-state index in [1.807, 2.05) is 0 Å². The Morgan fingerprint density at radius 1 is 1.33 bits per heavy atom. The molecular formula is C10H19ClSi. The molecule has 0 spiro atoms. The maximum atomic E-state index is 6.01. The summed E-state index contributed by atoms with van der Waals surface area (Å²) in [5.74, 6) is 3.13. The molecule has 0 radical (unpaired) electrons. The summed E-state index contributed by atoms with van der Waals surface area (Å²) in [5.41, 5.74) is 3.29. The average molecular weight is 203 g/mol. The van der Waals surface area contributed by atoms with Gasteiger partial charge in [-0.3, -0.25) is 0 Å². The van der Waals surface area contributed by atoms with Gasteiger partial charge in [-0.2, -0.15) is 0 Å². The number of halogens is 1. The van der Waals surface area contributed by atoms with E-state index in [2.05, 4.69) is 38.0 Å². The first kappa shape index (κ1) is 12.1. The van der Waals surface area contributed by atoms with Gasteiger partial charge >= 0.3 is 0 Å². The van der Waals surface area contributed by atoms with E-state index in [1.54, 1.807) is 0 Å². The minimum atomic E-state index is -1.20. The number of alkyl halides is 1. The van der Waals surface area contributed by atoms with Crippen LogP contribution in [-0.2, 0) is 0 Å². The molecule has 0 aliphatic carbocycles. The Labute approximate surface area is 82.7 Å². The van der Waals surface area contributed by atoms with Gasteiger partial charge in [-0.15, -0.1) is 17.1 Å². The third-order valence-corrected chi connectivity index (χ3v) is 2.64. The van der Waals surface area contributed by atoms with Crippen LogP contribution in [-0.4, -0.2) is 13.5 Å². The van der Waals surface area contributed by atoms with Gasteiger partial charge in [0, 0.05) is 0 Å². The number of rotatable bonds is 3. The lowest BCUT2D eigenvalue weighted by atomic mass is 10.2. The molecule has 0 bridgehead atoms. The molecule has 0 N–H and O–H groups in total. The predicted octanol–water partition coefficient (Wildman–Crippen LogP) is 3.66. The van der Waals surface area contributed by atoms with Gasteiger partial charge in [-0.1, -0.05) is 45.3 Å². The highest BCUT2D eigenvalue weighted by atomic mass is 35.5. The summed E-state index contributed by atoms with van der Waals surface area (Å²) >= 11 is 6.01. The molecule has 0 heterocycles. The summed E-state index contributed by atoms with van der Waals surface area (Å²) in [5, 5.41) is 0.0803. The number of hydrogen-bond donors (Lipinski definition) is 0. The van der Waals surface area contributed by atoms with Gasteiger partial charge in [-0.25, -0.2) is 0 Å². The molecule has 0 aromatic carbocycles. The minimum absolute atomic E-state index is 0.0803. The highest BCUT2D eigenvalue weighted by Crippen LogP contribution is 2.07. The van der Waals surface area contributed by atoms with Crippen LogP contribution in [0.4, 0.5) is 0 Å². The van der Waals surface area contributed by atoms with E-state index in [0.717, 1.165) is 6.42 Å². The Morgan fingerprint density at radius 3 is 2.33 bits per heavy atom. The van der Waals surface area contributed by atoms with Gasteiger partial charge in [0.25, 0.3) is 0 Å². The van der Waals surface area contributed by atoms with Crippen LogP contribution < -0.4 is 0 Å². The van der Waals surface area contributed by atoms with Crippen LogP contribution in [0.25, 0.3) is 0 Å². The molecule has 12 heavy (non-hydrogen) atoms. The van der Waals surface area contributed by atoms with Crippen molar-refractivity contribution in [2.45, 2.75) is 51.2 Å². The van der Waals surface area contributed by atoms with Crippen molar-refractivity contribution in [1.29, 1.82) is 0 Å². The average Bonchev–Trinajstić information content (AvgIpc) is 1.95. The lowest BCUT2D eigenvalue weighted by molar-refractivity contribution is 0.741. The maximum absolute atomic E-state index is 6.01. The Kier molecular flexibility index (Phi) is 5.70. The number of hydrogen-bond acceptors (Lipinski definition) is 0. The van der Waals surface area contributed by atoms with Gasteiger partial charge in [0.2, 0.25) is 0 Å². The maximum Gasteiger partial charge on any atom is 0.129 e. The molecule has 0 saturated heterocycles. The third-order valence-electron chi connectivity index (χ3n) is 1.41. The zero-order chi connectivity index (χ0) is 9.61. The largest absolute Gasteiger partial charge is 0.130 e. The smallest absolute Gasteiger partial charge is 0.129 e. The summed E-state index contributed by atoms with van der Waals surface area (Å²) in [6, 6.07) is 0. The lowest BCUT2D eigenvalue weighted by Gasteiger charge is -2.05. The normalized spacial score (nSPS) is 13.4. The molecule has 0 aromatic rings. The molecule has 0 aromatic heterocycles. The monoisotopic (exact) mass is 202 g/mol. The molecule has 1 atom stereocenters. The van der Waals surface area contributed by atoms with Crippen molar-refractivity contribution in [2.75, 3.05) is 0 Å². The van der Waals surface area contributed by atoms with Crippen molar-refractivity contribution in [3.8, 4) is 11.5 Å². The van der Waals surface area contributed by atoms with Crippen LogP contribution >= 0.6 is 11.6 Å². The van der Waals surface area contributed by atoms with Crippen molar-refractivity contribution in [3.63, 3.8) is 0 Å². The zero-order valence-electron chi connectivity index (χ0n) is 8.58. The predicted molar refractivity (Wildman–Crippen MR) is 60.3 cm³/mol. The molecule has 0 rings (SSSR count). The first-order valence-electron chi connectivity index (χ1n) is 4.62. The van der Waals surface area contributed by atoms with Crippen LogP contribution in [0.15, 0.2) is 0 Å². The van der Waals surface area contributed by atoms with Crippen molar-refractivity contribution in [1.82, 2.24) is 0 Å². The van der Waals surface area contributed by atoms with Crippen LogP contribution in [0, 0.1) is 11.5 Å². The fourth-order valence-electron chi connectivity index (χ4n) is 0.750. The van der Waals surface area contributed by atoms with Crippen LogP contribution in [0.3, 0.4) is 0 Å². The van der Waals surface area contributed by atoms with Gasteiger partial charge in [0.05, 0.1) is 5.38 Å². The standard InChI is InChI=1S/C10H19ClSi/c1-5-6-7-10(11)8-9-12(2,3)4/h10H,5-7H2,1-4H3/t10-/m1/s1.